The van der Waals surface area contributed by atoms with Crippen molar-refractivity contribution in [2.75, 3.05) is 26.3 Å². The number of carboxylic acids is 1. The van der Waals surface area contributed by atoms with Gasteiger partial charge in [-0.25, -0.2) is 0 Å². The number of ether oxygens (including phenoxy) is 2. The van der Waals surface area contributed by atoms with Crippen molar-refractivity contribution in [3.63, 3.8) is 0 Å². The maximum Gasteiger partial charge on any atom is 0.308 e. The Morgan fingerprint density at radius 1 is 1.03 bits per heavy atom. The predicted octanol–water partition coefficient (Wildman–Crippen LogP) is 3.81. The average Bonchev–Trinajstić information content (AvgIpc) is 3.19. The van der Waals surface area contributed by atoms with E-state index in [0.29, 0.717) is 36.8 Å². The minimum atomic E-state index is -0.882. The van der Waals surface area contributed by atoms with E-state index in [0.717, 1.165) is 12.0 Å². The molecule has 2 aromatic rings. The Labute approximate surface area is 171 Å². The molecule has 3 rings (SSSR count). The molecule has 1 saturated heterocycles. The van der Waals surface area contributed by atoms with Crippen LogP contribution in [0, 0.1) is 5.92 Å². The lowest BCUT2D eigenvalue weighted by atomic mass is 9.89. The zero-order valence-corrected chi connectivity index (χ0v) is 16.8. The number of amides is 1. The van der Waals surface area contributed by atoms with Gasteiger partial charge in [-0.15, -0.1) is 0 Å². The van der Waals surface area contributed by atoms with Crippen molar-refractivity contribution in [3.05, 3.63) is 59.7 Å². The van der Waals surface area contributed by atoms with Crippen LogP contribution in [0.2, 0.25) is 0 Å². The smallest absolute Gasteiger partial charge is 0.308 e. The molecule has 0 saturated carbocycles. The highest BCUT2D eigenvalue weighted by Crippen LogP contribution is 2.35. The number of nitrogens with zero attached hydrogens (tertiary/aromatic N) is 1. The monoisotopic (exact) mass is 397 g/mol. The molecule has 0 aromatic heterocycles. The first-order valence-corrected chi connectivity index (χ1v) is 10.0. The third-order valence-electron chi connectivity index (χ3n) is 5.10. The van der Waals surface area contributed by atoms with Gasteiger partial charge in [-0.3, -0.25) is 9.59 Å². The zero-order valence-electron chi connectivity index (χ0n) is 16.8. The second kappa shape index (κ2) is 9.45. The summed E-state index contributed by atoms with van der Waals surface area (Å²) in [4.78, 5) is 26.5. The average molecular weight is 397 g/mol. The van der Waals surface area contributed by atoms with Crippen LogP contribution >= 0.6 is 0 Å². The summed E-state index contributed by atoms with van der Waals surface area (Å²) < 4.78 is 11.3. The SMILES string of the molecule is CCCOc1ccc(C(=O)N2C[C@H](C(=O)O)[C@H](c3ccccc3)C2)cc1OCC. The van der Waals surface area contributed by atoms with Crippen LogP contribution in [0.25, 0.3) is 0 Å². The standard InChI is InChI=1S/C23H27NO5/c1-3-12-29-20-11-10-17(13-21(20)28-4-2)22(25)24-14-18(19(15-24)23(26)27)16-8-6-5-7-9-16/h5-11,13,18-19H,3-4,12,14-15H2,1-2H3,(H,26,27)/t18-,19-/m0/s1. The van der Waals surface area contributed by atoms with E-state index in [-0.39, 0.29) is 18.4 Å². The fourth-order valence-corrected chi connectivity index (χ4v) is 3.68. The first kappa shape index (κ1) is 20.7. The number of hydrogen-bond acceptors (Lipinski definition) is 4. The largest absolute Gasteiger partial charge is 0.490 e. The van der Waals surface area contributed by atoms with Crippen molar-refractivity contribution in [2.24, 2.45) is 5.92 Å². The first-order valence-electron chi connectivity index (χ1n) is 10.0. The molecule has 0 unspecified atom stereocenters. The second-order valence-corrected chi connectivity index (χ2v) is 7.12. The molecule has 1 heterocycles. The van der Waals surface area contributed by atoms with Crippen LogP contribution in [0.1, 0.15) is 42.1 Å². The molecular weight excluding hydrogens is 370 g/mol. The van der Waals surface area contributed by atoms with E-state index in [1.807, 2.05) is 44.2 Å². The Morgan fingerprint density at radius 3 is 2.45 bits per heavy atom. The van der Waals surface area contributed by atoms with Crippen molar-refractivity contribution in [3.8, 4) is 11.5 Å². The Hall–Kier alpha value is -3.02. The van der Waals surface area contributed by atoms with Gasteiger partial charge in [-0.1, -0.05) is 37.3 Å². The number of hydrogen-bond donors (Lipinski definition) is 1. The Morgan fingerprint density at radius 2 is 1.79 bits per heavy atom. The van der Waals surface area contributed by atoms with E-state index < -0.39 is 11.9 Å². The van der Waals surface area contributed by atoms with Gasteiger partial charge in [0.1, 0.15) is 0 Å². The fourth-order valence-electron chi connectivity index (χ4n) is 3.68. The summed E-state index contributed by atoms with van der Waals surface area (Å²) in [5.41, 5.74) is 1.41. The van der Waals surface area contributed by atoms with Crippen LogP contribution in [0.3, 0.4) is 0 Å². The van der Waals surface area contributed by atoms with Crippen LogP contribution in [0.5, 0.6) is 11.5 Å². The maximum absolute atomic E-state index is 13.1. The normalized spacial score (nSPS) is 18.5. The van der Waals surface area contributed by atoms with Crippen molar-refractivity contribution < 1.29 is 24.2 Å². The number of benzene rings is 2. The van der Waals surface area contributed by atoms with Crippen LogP contribution in [-0.2, 0) is 4.79 Å². The fraction of sp³-hybridized carbons (Fsp3) is 0.391. The van der Waals surface area contributed by atoms with Gasteiger partial charge in [0, 0.05) is 24.6 Å². The quantitative estimate of drug-likeness (QED) is 0.733. The van der Waals surface area contributed by atoms with Crippen LogP contribution in [0.15, 0.2) is 48.5 Å². The highest BCUT2D eigenvalue weighted by atomic mass is 16.5. The number of rotatable bonds is 8. The molecule has 0 aliphatic carbocycles. The molecule has 1 amide bonds. The number of carbonyl (C=O) groups excluding carboxylic acids is 1. The summed E-state index contributed by atoms with van der Waals surface area (Å²) in [6.07, 6.45) is 0.872. The molecule has 2 aromatic carbocycles. The van der Waals surface area contributed by atoms with Gasteiger partial charge < -0.3 is 19.5 Å². The van der Waals surface area contributed by atoms with Gasteiger partial charge in [0.05, 0.1) is 19.1 Å². The lowest BCUT2D eigenvalue weighted by molar-refractivity contribution is -0.141. The van der Waals surface area contributed by atoms with Gasteiger partial charge in [0.2, 0.25) is 0 Å². The molecule has 0 radical (unpaired) electrons. The molecule has 29 heavy (non-hydrogen) atoms. The van der Waals surface area contributed by atoms with Crippen molar-refractivity contribution in [1.29, 1.82) is 0 Å². The Balaban J connectivity index is 1.82. The number of carboxylic acid groups (broad SMARTS) is 1. The molecule has 1 fully saturated rings. The summed E-state index contributed by atoms with van der Waals surface area (Å²) in [5.74, 6) is -0.793. The Bertz CT molecular complexity index is 852. The molecule has 1 N–H and O–H groups in total. The van der Waals surface area contributed by atoms with Crippen molar-refractivity contribution in [1.82, 2.24) is 4.90 Å². The number of likely N-dealkylation sites (tertiary alicyclic amines) is 1. The maximum atomic E-state index is 13.1. The number of carbonyl (C=O) groups is 2. The summed E-state index contributed by atoms with van der Waals surface area (Å²) in [6, 6.07) is 14.7. The molecule has 154 valence electrons. The molecule has 1 aliphatic rings. The molecule has 0 bridgehead atoms. The van der Waals surface area contributed by atoms with Gasteiger partial charge in [-0.05, 0) is 37.1 Å². The lowest BCUT2D eigenvalue weighted by Crippen LogP contribution is -2.30. The van der Waals surface area contributed by atoms with Gasteiger partial charge >= 0.3 is 5.97 Å². The highest BCUT2D eigenvalue weighted by Gasteiger charge is 2.40. The predicted molar refractivity (Wildman–Crippen MR) is 110 cm³/mol. The first-order chi connectivity index (χ1) is 14.0. The van der Waals surface area contributed by atoms with Gasteiger partial charge in [0.15, 0.2) is 11.5 Å². The lowest BCUT2D eigenvalue weighted by Gasteiger charge is -2.18. The summed E-state index contributed by atoms with van der Waals surface area (Å²) in [7, 11) is 0. The third-order valence-corrected chi connectivity index (χ3v) is 5.10. The summed E-state index contributed by atoms with van der Waals surface area (Å²) in [6.45, 7) is 5.48. The van der Waals surface area contributed by atoms with Crippen LogP contribution in [0.4, 0.5) is 0 Å². The minimum Gasteiger partial charge on any atom is -0.490 e. The molecule has 0 spiro atoms. The summed E-state index contributed by atoms with van der Waals surface area (Å²) in [5, 5.41) is 9.67. The second-order valence-electron chi connectivity index (χ2n) is 7.12. The molecule has 2 atom stereocenters. The third kappa shape index (κ3) is 4.70. The van der Waals surface area contributed by atoms with E-state index in [2.05, 4.69) is 0 Å². The van der Waals surface area contributed by atoms with E-state index in [4.69, 9.17) is 9.47 Å². The topological polar surface area (TPSA) is 76.1 Å². The van der Waals surface area contributed by atoms with E-state index in [1.165, 1.54) is 0 Å². The van der Waals surface area contributed by atoms with Crippen molar-refractivity contribution >= 4 is 11.9 Å². The van der Waals surface area contributed by atoms with E-state index in [9.17, 15) is 14.7 Å². The van der Waals surface area contributed by atoms with Crippen LogP contribution in [-0.4, -0.2) is 48.2 Å². The van der Waals surface area contributed by atoms with E-state index >= 15 is 0 Å². The summed E-state index contributed by atoms with van der Waals surface area (Å²) >= 11 is 0. The van der Waals surface area contributed by atoms with E-state index in [1.54, 1.807) is 23.1 Å². The Kier molecular flexibility index (Phi) is 6.75. The molecule has 6 heteroatoms. The highest BCUT2D eigenvalue weighted by molar-refractivity contribution is 5.95. The number of aliphatic carboxylic acids is 1. The molecule has 6 nitrogen and oxygen atoms in total. The minimum absolute atomic E-state index is 0.186. The van der Waals surface area contributed by atoms with Gasteiger partial charge in [0.25, 0.3) is 5.91 Å². The molecular formula is C23H27NO5. The van der Waals surface area contributed by atoms with Gasteiger partial charge in [-0.2, -0.15) is 0 Å². The zero-order chi connectivity index (χ0) is 20.8. The van der Waals surface area contributed by atoms with Crippen molar-refractivity contribution in [2.45, 2.75) is 26.2 Å². The van der Waals surface area contributed by atoms with Crippen LogP contribution < -0.4 is 9.47 Å². The molecule has 1 aliphatic heterocycles.